The summed E-state index contributed by atoms with van der Waals surface area (Å²) in [5, 5.41) is 0. The third kappa shape index (κ3) is 3.51. The van der Waals surface area contributed by atoms with Gasteiger partial charge in [-0.1, -0.05) is 37.3 Å². The standard InChI is InChI=1S/C16H18N2O3/c1-3-13(12-7-5-4-6-8-12)15(19)17-18-16(20)14-9-10-21-11(14)2/h4-10,13H,3H2,1-2H3,(H,17,19)(H,18,20). The van der Waals surface area contributed by atoms with Gasteiger partial charge in [0.1, 0.15) is 5.76 Å². The van der Waals surface area contributed by atoms with Crippen molar-refractivity contribution in [2.24, 2.45) is 0 Å². The highest BCUT2D eigenvalue weighted by molar-refractivity contribution is 5.96. The van der Waals surface area contributed by atoms with Crippen molar-refractivity contribution < 1.29 is 14.0 Å². The first-order chi connectivity index (χ1) is 10.1. The fraction of sp³-hybridized carbons (Fsp3) is 0.250. The molecular weight excluding hydrogens is 268 g/mol. The number of carbonyl (C=O) groups is 2. The molecule has 1 unspecified atom stereocenters. The molecule has 1 heterocycles. The monoisotopic (exact) mass is 286 g/mol. The first-order valence-corrected chi connectivity index (χ1v) is 6.82. The molecule has 2 aromatic rings. The Bertz CT molecular complexity index is 619. The fourth-order valence-corrected chi connectivity index (χ4v) is 2.15. The van der Waals surface area contributed by atoms with Crippen molar-refractivity contribution in [3.8, 4) is 0 Å². The second-order valence-electron chi connectivity index (χ2n) is 4.71. The lowest BCUT2D eigenvalue weighted by Crippen LogP contribution is -2.43. The number of nitrogens with one attached hydrogen (secondary N) is 2. The van der Waals surface area contributed by atoms with Gasteiger partial charge in [0.25, 0.3) is 5.91 Å². The molecule has 0 aliphatic heterocycles. The van der Waals surface area contributed by atoms with E-state index in [9.17, 15) is 9.59 Å². The Morgan fingerprint density at radius 1 is 1.14 bits per heavy atom. The van der Waals surface area contributed by atoms with Gasteiger partial charge in [0.05, 0.1) is 17.7 Å². The predicted octanol–water partition coefficient (Wildman–Crippen LogP) is 2.54. The van der Waals surface area contributed by atoms with Crippen LogP contribution in [0.4, 0.5) is 0 Å². The number of rotatable bonds is 4. The summed E-state index contributed by atoms with van der Waals surface area (Å²) < 4.78 is 5.06. The Balaban J connectivity index is 1.98. The number of hydrogen-bond acceptors (Lipinski definition) is 3. The van der Waals surface area contributed by atoms with Crippen LogP contribution in [0, 0.1) is 6.92 Å². The van der Waals surface area contributed by atoms with Gasteiger partial charge >= 0.3 is 0 Å². The van der Waals surface area contributed by atoms with Gasteiger partial charge in [0.15, 0.2) is 0 Å². The average Bonchev–Trinajstić information content (AvgIpc) is 2.93. The zero-order valence-electron chi connectivity index (χ0n) is 12.1. The van der Waals surface area contributed by atoms with Gasteiger partial charge in [-0.15, -0.1) is 0 Å². The Morgan fingerprint density at radius 2 is 1.86 bits per heavy atom. The molecule has 0 saturated heterocycles. The van der Waals surface area contributed by atoms with Gasteiger partial charge in [-0.3, -0.25) is 20.4 Å². The molecule has 21 heavy (non-hydrogen) atoms. The maximum Gasteiger partial charge on any atom is 0.273 e. The molecule has 0 saturated carbocycles. The van der Waals surface area contributed by atoms with Crippen LogP contribution < -0.4 is 10.9 Å². The van der Waals surface area contributed by atoms with Crippen LogP contribution in [0.5, 0.6) is 0 Å². The molecule has 1 atom stereocenters. The molecule has 0 aliphatic carbocycles. The van der Waals surface area contributed by atoms with Gasteiger partial charge in [-0.05, 0) is 25.0 Å². The third-order valence-corrected chi connectivity index (χ3v) is 3.33. The van der Waals surface area contributed by atoms with Crippen LogP contribution in [0.1, 0.15) is 40.9 Å². The van der Waals surface area contributed by atoms with Gasteiger partial charge in [0, 0.05) is 0 Å². The smallest absolute Gasteiger partial charge is 0.273 e. The summed E-state index contributed by atoms with van der Waals surface area (Å²) in [6, 6.07) is 11.0. The molecule has 0 spiro atoms. The van der Waals surface area contributed by atoms with Crippen molar-refractivity contribution in [1.29, 1.82) is 0 Å². The number of aryl methyl sites for hydroxylation is 1. The molecule has 2 N–H and O–H groups in total. The van der Waals surface area contributed by atoms with Crippen molar-refractivity contribution >= 4 is 11.8 Å². The lowest BCUT2D eigenvalue weighted by atomic mass is 9.96. The van der Waals surface area contributed by atoms with Crippen molar-refractivity contribution in [2.45, 2.75) is 26.2 Å². The Kier molecular flexibility index (Phi) is 4.77. The van der Waals surface area contributed by atoms with E-state index in [4.69, 9.17) is 4.42 Å². The SMILES string of the molecule is CCC(C(=O)NNC(=O)c1ccoc1C)c1ccccc1. The van der Waals surface area contributed by atoms with Crippen LogP contribution in [0.3, 0.4) is 0 Å². The minimum atomic E-state index is -0.391. The summed E-state index contributed by atoms with van der Waals surface area (Å²) >= 11 is 0. The minimum absolute atomic E-state index is 0.238. The highest BCUT2D eigenvalue weighted by atomic mass is 16.3. The Labute approximate surface area is 123 Å². The number of furan rings is 1. The van der Waals surface area contributed by atoms with E-state index < -0.39 is 5.91 Å². The first kappa shape index (κ1) is 14.8. The summed E-state index contributed by atoms with van der Waals surface area (Å²) in [6.45, 7) is 3.62. The highest BCUT2D eigenvalue weighted by Gasteiger charge is 2.19. The van der Waals surface area contributed by atoms with Gasteiger partial charge in [-0.25, -0.2) is 0 Å². The van der Waals surface area contributed by atoms with Crippen LogP contribution in [0.25, 0.3) is 0 Å². The maximum absolute atomic E-state index is 12.2. The zero-order valence-corrected chi connectivity index (χ0v) is 12.1. The number of hydrazine groups is 1. The molecule has 0 bridgehead atoms. The van der Waals surface area contributed by atoms with Gasteiger partial charge in [-0.2, -0.15) is 0 Å². The van der Waals surface area contributed by atoms with Crippen molar-refractivity contribution in [3.63, 3.8) is 0 Å². The summed E-state index contributed by atoms with van der Waals surface area (Å²) in [7, 11) is 0. The maximum atomic E-state index is 12.2. The molecule has 2 amide bonds. The van der Waals surface area contributed by atoms with Crippen LogP contribution in [-0.2, 0) is 4.79 Å². The molecule has 5 nitrogen and oxygen atoms in total. The Hall–Kier alpha value is -2.56. The largest absolute Gasteiger partial charge is 0.469 e. The lowest BCUT2D eigenvalue weighted by Gasteiger charge is -2.15. The van der Waals surface area contributed by atoms with E-state index >= 15 is 0 Å². The fourth-order valence-electron chi connectivity index (χ4n) is 2.15. The number of benzene rings is 1. The molecule has 0 radical (unpaired) electrons. The lowest BCUT2D eigenvalue weighted by molar-refractivity contribution is -0.123. The second kappa shape index (κ2) is 6.74. The predicted molar refractivity (Wildman–Crippen MR) is 78.5 cm³/mol. The summed E-state index contributed by atoms with van der Waals surface area (Å²) in [6.07, 6.45) is 2.08. The third-order valence-electron chi connectivity index (χ3n) is 3.33. The van der Waals surface area contributed by atoms with Crippen molar-refractivity contribution in [1.82, 2.24) is 10.9 Å². The Morgan fingerprint density at radius 3 is 2.43 bits per heavy atom. The quantitative estimate of drug-likeness (QED) is 0.848. The normalized spacial score (nSPS) is 11.7. The molecule has 1 aromatic carbocycles. The van der Waals surface area contributed by atoms with Crippen LogP contribution in [0.2, 0.25) is 0 Å². The van der Waals surface area contributed by atoms with Crippen LogP contribution in [-0.4, -0.2) is 11.8 Å². The molecule has 5 heteroatoms. The molecule has 0 aliphatic rings. The van der Waals surface area contributed by atoms with E-state index in [0.29, 0.717) is 17.7 Å². The molecule has 0 fully saturated rings. The van der Waals surface area contributed by atoms with E-state index in [0.717, 1.165) is 5.56 Å². The summed E-state index contributed by atoms with van der Waals surface area (Å²) in [4.78, 5) is 24.1. The molecular formula is C16H18N2O3. The second-order valence-corrected chi connectivity index (χ2v) is 4.71. The van der Waals surface area contributed by atoms with E-state index in [1.165, 1.54) is 6.26 Å². The van der Waals surface area contributed by atoms with Crippen LogP contribution >= 0.6 is 0 Å². The number of carbonyl (C=O) groups excluding carboxylic acids is 2. The summed E-state index contributed by atoms with van der Waals surface area (Å²) in [5.74, 6) is -0.412. The first-order valence-electron chi connectivity index (χ1n) is 6.82. The number of hydrogen-bond donors (Lipinski definition) is 2. The van der Waals surface area contributed by atoms with Crippen molar-refractivity contribution in [3.05, 3.63) is 59.5 Å². The van der Waals surface area contributed by atoms with E-state index in [1.54, 1.807) is 13.0 Å². The highest BCUT2D eigenvalue weighted by Crippen LogP contribution is 2.18. The van der Waals surface area contributed by atoms with E-state index in [2.05, 4.69) is 10.9 Å². The molecule has 2 rings (SSSR count). The van der Waals surface area contributed by atoms with Crippen molar-refractivity contribution in [2.75, 3.05) is 0 Å². The molecule has 110 valence electrons. The molecule has 1 aromatic heterocycles. The van der Waals surface area contributed by atoms with E-state index in [-0.39, 0.29) is 11.8 Å². The van der Waals surface area contributed by atoms with Gasteiger partial charge < -0.3 is 4.42 Å². The average molecular weight is 286 g/mol. The number of amides is 2. The van der Waals surface area contributed by atoms with E-state index in [1.807, 2.05) is 37.3 Å². The minimum Gasteiger partial charge on any atom is -0.469 e. The zero-order chi connectivity index (χ0) is 15.2. The summed E-state index contributed by atoms with van der Waals surface area (Å²) in [5.41, 5.74) is 6.21. The topological polar surface area (TPSA) is 71.3 Å². The van der Waals surface area contributed by atoms with Gasteiger partial charge in [0.2, 0.25) is 5.91 Å². The van der Waals surface area contributed by atoms with Crippen LogP contribution in [0.15, 0.2) is 47.1 Å².